The Morgan fingerprint density at radius 2 is 1.85 bits per heavy atom. The Bertz CT molecular complexity index is 992. The molecule has 0 amide bonds. The van der Waals surface area contributed by atoms with E-state index in [2.05, 4.69) is 4.98 Å². The molecule has 3 aromatic rings. The summed E-state index contributed by atoms with van der Waals surface area (Å²) in [6.45, 7) is 1.64. The minimum atomic E-state index is -0.672. The first-order valence-electron chi connectivity index (χ1n) is 8.84. The number of hydrogen-bond donors (Lipinski definition) is 1. The van der Waals surface area contributed by atoms with Crippen LogP contribution in [0.15, 0.2) is 59.7 Å². The monoisotopic (exact) mass is 382 g/mol. The highest BCUT2D eigenvalue weighted by Gasteiger charge is 2.25. The molecule has 27 heavy (non-hydrogen) atoms. The van der Waals surface area contributed by atoms with Gasteiger partial charge in [0.2, 0.25) is 5.95 Å². The van der Waals surface area contributed by atoms with Gasteiger partial charge in [-0.1, -0.05) is 41.9 Å². The fraction of sp³-hybridized carbons (Fsp3) is 0.250. The van der Waals surface area contributed by atoms with Crippen molar-refractivity contribution >= 4 is 17.5 Å². The van der Waals surface area contributed by atoms with Gasteiger partial charge >= 0.3 is 0 Å². The molecule has 0 fully saturated rings. The van der Waals surface area contributed by atoms with Crippen molar-refractivity contribution < 1.29 is 5.11 Å². The molecule has 138 valence electrons. The van der Waals surface area contributed by atoms with Crippen molar-refractivity contribution in [2.75, 3.05) is 18.0 Å². The van der Waals surface area contributed by atoms with E-state index < -0.39 is 6.10 Å². The van der Waals surface area contributed by atoms with Crippen molar-refractivity contribution in [1.29, 1.82) is 0 Å². The smallest absolute Gasteiger partial charge is 0.274 e. The number of rotatable bonds is 4. The van der Waals surface area contributed by atoms with E-state index in [0.717, 1.165) is 17.5 Å². The van der Waals surface area contributed by atoms with Crippen LogP contribution < -0.4 is 10.5 Å². The molecule has 3 heterocycles. The number of pyridine rings is 1. The first kappa shape index (κ1) is 17.7. The predicted octanol–water partition coefficient (Wildman–Crippen LogP) is 2.90. The van der Waals surface area contributed by atoms with Gasteiger partial charge in [0.25, 0.3) is 5.56 Å². The summed E-state index contributed by atoms with van der Waals surface area (Å²) in [6, 6.07) is 13.0. The number of β-amino-alcohol motifs (C(OH)–C–C–N with tert-alkyl or cyclic N) is 1. The van der Waals surface area contributed by atoms with Crippen molar-refractivity contribution in [2.24, 2.45) is 0 Å². The molecule has 1 aliphatic rings. The molecule has 4 rings (SSSR count). The Morgan fingerprint density at radius 3 is 2.59 bits per heavy atom. The maximum atomic E-state index is 12.8. The lowest BCUT2D eigenvalue weighted by Gasteiger charge is -2.32. The number of fused-ring (bicyclic) bond motifs is 1. The zero-order valence-electron chi connectivity index (χ0n) is 14.6. The molecule has 1 atom stereocenters. The second-order valence-electron chi connectivity index (χ2n) is 6.49. The van der Waals surface area contributed by atoms with Crippen LogP contribution >= 0.6 is 11.6 Å². The number of aromatic nitrogens is 3. The van der Waals surface area contributed by atoms with Gasteiger partial charge in [-0.25, -0.2) is 4.98 Å². The van der Waals surface area contributed by atoms with Gasteiger partial charge in [-0.15, -0.1) is 0 Å². The van der Waals surface area contributed by atoms with Crippen LogP contribution in [-0.4, -0.2) is 32.7 Å². The van der Waals surface area contributed by atoms with E-state index in [9.17, 15) is 9.90 Å². The Labute approximate surface area is 161 Å². The SMILES string of the molecule is O=c1c(Cl)c(-c2ccncc2)nc2n1CCCN2CC(O)c1ccccc1. The van der Waals surface area contributed by atoms with Crippen LogP contribution in [-0.2, 0) is 6.54 Å². The third-order valence-corrected chi connectivity index (χ3v) is 5.06. The lowest BCUT2D eigenvalue weighted by Crippen LogP contribution is -2.41. The summed E-state index contributed by atoms with van der Waals surface area (Å²) in [4.78, 5) is 23.4. The van der Waals surface area contributed by atoms with E-state index in [-0.39, 0.29) is 10.6 Å². The van der Waals surface area contributed by atoms with Gasteiger partial charge < -0.3 is 10.0 Å². The standard InChI is InChI=1S/C20H19ClN4O2/c21-17-18(15-7-9-22-10-8-15)23-20-24(11-4-12-25(20)19(17)27)13-16(26)14-5-2-1-3-6-14/h1-3,5-10,16,26H,4,11-13H2. The van der Waals surface area contributed by atoms with E-state index in [1.807, 2.05) is 35.2 Å². The molecule has 0 spiro atoms. The predicted molar refractivity (Wildman–Crippen MR) is 105 cm³/mol. The summed E-state index contributed by atoms with van der Waals surface area (Å²) in [5, 5.41) is 10.7. The zero-order valence-corrected chi connectivity index (χ0v) is 15.4. The Hall–Kier alpha value is -2.70. The van der Waals surface area contributed by atoms with Crippen LogP contribution in [0.1, 0.15) is 18.1 Å². The third kappa shape index (κ3) is 3.46. The van der Waals surface area contributed by atoms with Crippen LogP contribution in [0.5, 0.6) is 0 Å². The number of hydrogen-bond acceptors (Lipinski definition) is 5. The first-order chi connectivity index (χ1) is 13.1. The number of nitrogens with zero attached hydrogens (tertiary/aromatic N) is 4. The van der Waals surface area contributed by atoms with Crippen molar-refractivity contribution in [3.05, 3.63) is 75.8 Å². The highest BCUT2D eigenvalue weighted by molar-refractivity contribution is 6.32. The summed E-state index contributed by atoms with van der Waals surface area (Å²) in [5.74, 6) is 0.539. The van der Waals surface area contributed by atoms with Crippen LogP contribution in [0.4, 0.5) is 5.95 Å². The van der Waals surface area contributed by atoms with Gasteiger partial charge in [-0.05, 0) is 24.1 Å². The van der Waals surface area contributed by atoms with Gasteiger partial charge in [-0.3, -0.25) is 14.3 Å². The molecular weight excluding hydrogens is 364 g/mol. The maximum absolute atomic E-state index is 12.8. The van der Waals surface area contributed by atoms with E-state index in [1.165, 1.54) is 0 Å². The molecule has 1 N–H and O–H groups in total. The lowest BCUT2D eigenvalue weighted by atomic mass is 10.1. The minimum absolute atomic E-state index is 0.107. The molecule has 0 bridgehead atoms. The summed E-state index contributed by atoms with van der Waals surface area (Å²) < 4.78 is 1.59. The zero-order chi connectivity index (χ0) is 18.8. The van der Waals surface area contributed by atoms with E-state index in [0.29, 0.717) is 31.3 Å². The number of benzene rings is 1. The molecule has 7 heteroatoms. The summed E-state index contributed by atoms with van der Waals surface area (Å²) >= 11 is 6.33. The van der Waals surface area contributed by atoms with Gasteiger partial charge in [0.1, 0.15) is 5.02 Å². The first-order valence-corrected chi connectivity index (χ1v) is 9.21. The number of aliphatic hydroxyl groups excluding tert-OH is 1. The summed E-state index contributed by atoms with van der Waals surface area (Å²) in [6.07, 6.45) is 3.40. The number of aliphatic hydroxyl groups is 1. The molecule has 2 aromatic heterocycles. The molecule has 0 radical (unpaired) electrons. The topological polar surface area (TPSA) is 71.2 Å². The van der Waals surface area contributed by atoms with Gasteiger partial charge in [0.05, 0.1) is 18.3 Å². The largest absolute Gasteiger partial charge is 0.387 e. The summed E-state index contributed by atoms with van der Waals surface area (Å²) in [5.41, 5.74) is 1.76. The molecule has 6 nitrogen and oxygen atoms in total. The lowest BCUT2D eigenvalue weighted by molar-refractivity contribution is 0.181. The summed E-state index contributed by atoms with van der Waals surface area (Å²) in [7, 11) is 0. The molecule has 1 aromatic carbocycles. The molecule has 0 saturated heterocycles. The molecular formula is C20H19ClN4O2. The van der Waals surface area contributed by atoms with E-state index >= 15 is 0 Å². The van der Waals surface area contributed by atoms with Crippen LogP contribution in [0, 0.1) is 0 Å². The average molecular weight is 383 g/mol. The average Bonchev–Trinajstić information content (AvgIpc) is 2.72. The normalized spacial score (nSPS) is 14.7. The third-order valence-electron chi connectivity index (χ3n) is 4.72. The van der Waals surface area contributed by atoms with Crippen molar-refractivity contribution in [3.63, 3.8) is 0 Å². The molecule has 1 unspecified atom stereocenters. The molecule has 0 saturated carbocycles. The van der Waals surface area contributed by atoms with E-state index in [4.69, 9.17) is 16.6 Å². The van der Waals surface area contributed by atoms with Crippen molar-refractivity contribution in [2.45, 2.75) is 19.1 Å². The Kier molecular flexibility index (Phi) is 4.92. The van der Waals surface area contributed by atoms with E-state index in [1.54, 1.807) is 29.1 Å². The highest BCUT2D eigenvalue weighted by atomic mass is 35.5. The van der Waals surface area contributed by atoms with Gasteiger partial charge in [-0.2, -0.15) is 0 Å². The second kappa shape index (κ2) is 7.50. The van der Waals surface area contributed by atoms with Crippen molar-refractivity contribution in [3.8, 4) is 11.3 Å². The Morgan fingerprint density at radius 1 is 1.11 bits per heavy atom. The maximum Gasteiger partial charge on any atom is 0.274 e. The van der Waals surface area contributed by atoms with Crippen molar-refractivity contribution in [1.82, 2.24) is 14.5 Å². The van der Waals surface area contributed by atoms with Crippen LogP contribution in [0.3, 0.4) is 0 Å². The highest BCUT2D eigenvalue weighted by Crippen LogP contribution is 2.28. The Balaban J connectivity index is 1.73. The quantitative estimate of drug-likeness (QED) is 0.751. The van der Waals surface area contributed by atoms with Gasteiger partial charge in [0.15, 0.2) is 0 Å². The second-order valence-corrected chi connectivity index (χ2v) is 6.87. The molecule has 0 aliphatic carbocycles. The number of anilines is 1. The number of halogens is 1. The van der Waals surface area contributed by atoms with Crippen LogP contribution in [0.25, 0.3) is 11.3 Å². The van der Waals surface area contributed by atoms with Gasteiger partial charge in [0, 0.05) is 31.0 Å². The fourth-order valence-corrected chi connectivity index (χ4v) is 3.60. The van der Waals surface area contributed by atoms with Crippen LogP contribution in [0.2, 0.25) is 5.02 Å². The molecule has 1 aliphatic heterocycles. The fourth-order valence-electron chi connectivity index (χ4n) is 3.35. The minimum Gasteiger partial charge on any atom is -0.387 e.